The van der Waals surface area contributed by atoms with Gasteiger partial charge in [-0.05, 0) is 52.7 Å². The molecule has 0 saturated carbocycles. The van der Waals surface area contributed by atoms with Crippen molar-refractivity contribution in [2.45, 2.75) is 24.5 Å². The lowest BCUT2D eigenvalue weighted by Crippen LogP contribution is -2.31. The molecule has 98 valence electrons. The van der Waals surface area contributed by atoms with E-state index in [9.17, 15) is 9.18 Å². The zero-order chi connectivity index (χ0) is 13.0. The lowest BCUT2D eigenvalue weighted by Gasteiger charge is -2.21. The van der Waals surface area contributed by atoms with Gasteiger partial charge in [0.2, 0.25) is 0 Å². The van der Waals surface area contributed by atoms with Gasteiger partial charge in [0.05, 0.1) is 4.47 Å². The minimum atomic E-state index is -0.408. The van der Waals surface area contributed by atoms with E-state index in [1.54, 1.807) is 12.1 Å². The van der Waals surface area contributed by atoms with Gasteiger partial charge in [-0.3, -0.25) is 4.79 Å². The fourth-order valence-corrected chi connectivity index (χ4v) is 3.40. The van der Waals surface area contributed by atoms with E-state index < -0.39 is 5.82 Å². The summed E-state index contributed by atoms with van der Waals surface area (Å²) in [5.74, 6) is 0.565. The van der Waals surface area contributed by atoms with Gasteiger partial charge in [-0.1, -0.05) is 6.42 Å². The second-order valence-electron chi connectivity index (χ2n) is 4.33. The number of carbonyl (C=O) groups is 1. The Morgan fingerprint density at radius 3 is 3.00 bits per heavy atom. The minimum Gasteiger partial charge on any atom is -0.351 e. The van der Waals surface area contributed by atoms with Gasteiger partial charge in [0.15, 0.2) is 0 Å². The number of halogens is 2. The summed E-state index contributed by atoms with van der Waals surface area (Å²) in [5, 5.41) is 3.38. The standard InChI is InChI=1S/C13H15BrFNOS/c14-11-5-4-9(7-12(11)15)13(17)16-8-10-3-1-2-6-18-10/h4-5,7,10H,1-3,6,8H2,(H,16,17). The van der Waals surface area contributed by atoms with Crippen molar-refractivity contribution in [2.75, 3.05) is 12.3 Å². The molecular formula is C13H15BrFNOS. The number of hydrogen-bond donors (Lipinski definition) is 1. The van der Waals surface area contributed by atoms with Crippen LogP contribution in [0.3, 0.4) is 0 Å². The molecule has 1 saturated heterocycles. The van der Waals surface area contributed by atoms with Crippen molar-refractivity contribution in [1.29, 1.82) is 0 Å². The highest BCUT2D eigenvalue weighted by Gasteiger charge is 2.15. The van der Waals surface area contributed by atoms with E-state index in [-0.39, 0.29) is 5.91 Å². The maximum absolute atomic E-state index is 13.3. The van der Waals surface area contributed by atoms with E-state index in [0.29, 0.717) is 21.8 Å². The van der Waals surface area contributed by atoms with Gasteiger partial charge in [0.25, 0.3) is 5.91 Å². The molecule has 1 aromatic rings. The maximum atomic E-state index is 13.3. The van der Waals surface area contributed by atoms with Crippen LogP contribution in [-0.2, 0) is 0 Å². The molecule has 1 aliphatic rings. The Morgan fingerprint density at radius 1 is 1.50 bits per heavy atom. The van der Waals surface area contributed by atoms with Crippen molar-refractivity contribution in [3.8, 4) is 0 Å². The first-order chi connectivity index (χ1) is 8.66. The predicted molar refractivity (Wildman–Crippen MR) is 76.5 cm³/mol. The number of carbonyl (C=O) groups excluding carboxylic acids is 1. The highest BCUT2D eigenvalue weighted by molar-refractivity contribution is 9.10. The van der Waals surface area contributed by atoms with Crippen molar-refractivity contribution in [2.24, 2.45) is 0 Å². The lowest BCUT2D eigenvalue weighted by molar-refractivity contribution is 0.0953. The largest absolute Gasteiger partial charge is 0.351 e. The summed E-state index contributed by atoms with van der Waals surface area (Å²) in [7, 11) is 0. The van der Waals surface area contributed by atoms with E-state index in [0.717, 1.165) is 6.42 Å². The molecule has 18 heavy (non-hydrogen) atoms. The first-order valence-electron chi connectivity index (χ1n) is 6.01. The fourth-order valence-electron chi connectivity index (χ4n) is 1.91. The number of thioether (sulfide) groups is 1. The third kappa shape index (κ3) is 3.72. The van der Waals surface area contributed by atoms with Gasteiger partial charge in [0.1, 0.15) is 5.82 Å². The normalized spacial score (nSPS) is 19.6. The smallest absolute Gasteiger partial charge is 0.251 e. The Labute approximate surface area is 119 Å². The zero-order valence-electron chi connectivity index (χ0n) is 9.92. The van der Waals surface area contributed by atoms with Crippen LogP contribution in [0.4, 0.5) is 4.39 Å². The van der Waals surface area contributed by atoms with Crippen LogP contribution in [0.5, 0.6) is 0 Å². The average Bonchev–Trinajstić information content (AvgIpc) is 2.40. The average molecular weight is 332 g/mol. The summed E-state index contributed by atoms with van der Waals surface area (Å²) < 4.78 is 13.7. The molecule has 0 bridgehead atoms. The van der Waals surface area contributed by atoms with Gasteiger partial charge in [-0.25, -0.2) is 4.39 Å². The first kappa shape index (κ1) is 13.9. The Bertz CT molecular complexity index is 435. The van der Waals surface area contributed by atoms with Gasteiger partial charge in [-0.15, -0.1) is 0 Å². The van der Waals surface area contributed by atoms with Crippen LogP contribution < -0.4 is 5.32 Å². The summed E-state index contributed by atoms with van der Waals surface area (Å²) >= 11 is 4.98. The van der Waals surface area contributed by atoms with E-state index in [1.165, 1.54) is 24.7 Å². The van der Waals surface area contributed by atoms with Crippen molar-refractivity contribution in [3.63, 3.8) is 0 Å². The molecule has 0 radical (unpaired) electrons. The molecule has 2 rings (SSSR count). The van der Waals surface area contributed by atoms with Crippen LogP contribution in [0.2, 0.25) is 0 Å². The Hall–Kier alpha value is -0.550. The molecule has 0 spiro atoms. The van der Waals surface area contributed by atoms with Gasteiger partial charge < -0.3 is 5.32 Å². The molecule has 1 N–H and O–H groups in total. The molecule has 0 aliphatic carbocycles. The monoisotopic (exact) mass is 331 g/mol. The zero-order valence-corrected chi connectivity index (χ0v) is 12.3. The SMILES string of the molecule is O=C(NCC1CCCCS1)c1ccc(Br)c(F)c1. The Morgan fingerprint density at radius 2 is 2.33 bits per heavy atom. The van der Waals surface area contributed by atoms with E-state index in [4.69, 9.17) is 0 Å². The summed E-state index contributed by atoms with van der Waals surface area (Å²) in [6, 6.07) is 4.43. The quantitative estimate of drug-likeness (QED) is 0.916. The highest BCUT2D eigenvalue weighted by Crippen LogP contribution is 2.24. The number of nitrogens with one attached hydrogen (secondary N) is 1. The molecular weight excluding hydrogens is 317 g/mol. The molecule has 5 heteroatoms. The molecule has 1 amide bonds. The highest BCUT2D eigenvalue weighted by atomic mass is 79.9. The molecule has 1 fully saturated rings. The molecule has 1 heterocycles. The van der Waals surface area contributed by atoms with Gasteiger partial charge in [0, 0.05) is 17.4 Å². The first-order valence-corrected chi connectivity index (χ1v) is 7.86. The van der Waals surface area contributed by atoms with Crippen LogP contribution in [0.1, 0.15) is 29.6 Å². The fraction of sp³-hybridized carbons (Fsp3) is 0.462. The Kier molecular flexibility index (Phi) is 5.06. The Balaban J connectivity index is 1.88. The number of amides is 1. The number of hydrogen-bond acceptors (Lipinski definition) is 2. The maximum Gasteiger partial charge on any atom is 0.251 e. The lowest BCUT2D eigenvalue weighted by atomic mass is 10.1. The summed E-state index contributed by atoms with van der Waals surface area (Å²) in [4.78, 5) is 11.8. The molecule has 1 unspecified atom stereocenters. The van der Waals surface area contributed by atoms with Crippen LogP contribution in [-0.4, -0.2) is 23.5 Å². The molecule has 0 aromatic heterocycles. The van der Waals surface area contributed by atoms with E-state index in [1.807, 2.05) is 11.8 Å². The number of benzene rings is 1. The number of rotatable bonds is 3. The van der Waals surface area contributed by atoms with Crippen LogP contribution in [0.25, 0.3) is 0 Å². The molecule has 1 aliphatic heterocycles. The van der Waals surface area contributed by atoms with Crippen molar-refractivity contribution < 1.29 is 9.18 Å². The van der Waals surface area contributed by atoms with Crippen molar-refractivity contribution >= 4 is 33.6 Å². The van der Waals surface area contributed by atoms with Gasteiger partial charge in [-0.2, -0.15) is 11.8 Å². The molecule has 2 nitrogen and oxygen atoms in total. The third-order valence-corrected chi connectivity index (χ3v) is 4.99. The second kappa shape index (κ2) is 6.57. The summed E-state index contributed by atoms with van der Waals surface area (Å²) in [5.41, 5.74) is 0.372. The second-order valence-corrected chi connectivity index (χ2v) is 6.59. The van der Waals surface area contributed by atoms with Crippen molar-refractivity contribution in [3.05, 3.63) is 34.1 Å². The van der Waals surface area contributed by atoms with Crippen LogP contribution >= 0.6 is 27.7 Å². The van der Waals surface area contributed by atoms with Gasteiger partial charge >= 0.3 is 0 Å². The molecule has 1 aromatic carbocycles. The summed E-state index contributed by atoms with van der Waals surface area (Å²) in [6.45, 7) is 0.668. The predicted octanol–water partition coefficient (Wildman–Crippen LogP) is 3.60. The molecule has 1 atom stereocenters. The van der Waals surface area contributed by atoms with E-state index >= 15 is 0 Å². The van der Waals surface area contributed by atoms with Crippen LogP contribution in [0, 0.1) is 5.82 Å². The van der Waals surface area contributed by atoms with Crippen LogP contribution in [0.15, 0.2) is 22.7 Å². The topological polar surface area (TPSA) is 29.1 Å². The van der Waals surface area contributed by atoms with E-state index in [2.05, 4.69) is 21.2 Å². The summed E-state index contributed by atoms with van der Waals surface area (Å²) in [6.07, 6.45) is 3.66. The van der Waals surface area contributed by atoms with Crippen molar-refractivity contribution in [1.82, 2.24) is 5.32 Å². The third-order valence-electron chi connectivity index (χ3n) is 2.95. The minimum absolute atomic E-state index is 0.201.